The third-order valence-electron chi connectivity index (χ3n) is 5.07. The summed E-state index contributed by atoms with van der Waals surface area (Å²) in [5.74, 6) is 0. The monoisotopic (exact) mass is 381 g/mol. The standard InChI is InChI=1S/C24H23N5/c1-16(2)29-23-13-6-5-12-21(23)24(28-29)20-11-4-3-10-19(20)22(26)14-17-8-7-9-18(15-25)27-17/h3-13,16,22H,14,26H2,1-2H3. The van der Waals surface area contributed by atoms with Gasteiger partial charge in [-0.25, -0.2) is 4.98 Å². The molecule has 0 saturated carbocycles. The van der Waals surface area contributed by atoms with Crippen molar-refractivity contribution in [1.82, 2.24) is 14.8 Å². The fourth-order valence-electron chi connectivity index (χ4n) is 3.71. The van der Waals surface area contributed by atoms with Gasteiger partial charge in [-0.15, -0.1) is 0 Å². The minimum Gasteiger partial charge on any atom is -0.324 e. The highest BCUT2D eigenvalue weighted by atomic mass is 15.3. The van der Waals surface area contributed by atoms with Crippen LogP contribution in [-0.2, 0) is 6.42 Å². The fourth-order valence-corrected chi connectivity index (χ4v) is 3.71. The van der Waals surface area contributed by atoms with Crippen molar-refractivity contribution < 1.29 is 0 Å². The Morgan fingerprint density at radius 2 is 1.76 bits per heavy atom. The van der Waals surface area contributed by atoms with Crippen LogP contribution >= 0.6 is 0 Å². The predicted molar refractivity (Wildman–Crippen MR) is 115 cm³/mol. The van der Waals surface area contributed by atoms with Crippen molar-refractivity contribution in [3.8, 4) is 17.3 Å². The number of aromatic nitrogens is 3. The third-order valence-corrected chi connectivity index (χ3v) is 5.07. The molecule has 0 aliphatic heterocycles. The Kier molecular flexibility index (Phi) is 5.11. The van der Waals surface area contributed by atoms with Crippen LogP contribution in [0.5, 0.6) is 0 Å². The zero-order valence-electron chi connectivity index (χ0n) is 16.6. The van der Waals surface area contributed by atoms with Crippen LogP contribution in [0.1, 0.15) is 42.9 Å². The molecular weight excluding hydrogens is 358 g/mol. The quantitative estimate of drug-likeness (QED) is 0.539. The minimum absolute atomic E-state index is 0.254. The van der Waals surface area contributed by atoms with Gasteiger partial charge >= 0.3 is 0 Å². The van der Waals surface area contributed by atoms with Gasteiger partial charge in [0.1, 0.15) is 17.5 Å². The average Bonchev–Trinajstić information content (AvgIpc) is 3.14. The molecule has 5 nitrogen and oxygen atoms in total. The Bertz CT molecular complexity index is 1200. The molecule has 0 bridgehead atoms. The highest BCUT2D eigenvalue weighted by Crippen LogP contribution is 2.34. The number of nitrogens with two attached hydrogens (primary N) is 1. The van der Waals surface area contributed by atoms with Crippen molar-refractivity contribution in [3.05, 3.63) is 83.7 Å². The minimum atomic E-state index is -0.254. The number of benzene rings is 2. The van der Waals surface area contributed by atoms with E-state index in [1.165, 1.54) is 0 Å². The van der Waals surface area contributed by atoms with E-state index in [2.05, 4.69) is 53.8 Å². The summed E-state index contributed by atoms with van der Waals surface area (Å²) >= 11 is 0. The molecule has 2 aromatic carbocycles. The Morgan fingerprint density at radius 1 is 1.00 bits per heavy atom. The number of pyridine rings is 1. The maximum atomic E-state index is 9.10. The first-order chi connectivity index (χ1) is 14.1. The molecule has 4 rings (SSSR count). The lowest BCUT2D eigenvalue weighted by molar-refractivity contribution is 0.552. The first-order valence-electron chi connectivity index (χ1n) is 9.76. The molecule has 5 heteroatoms. The second-order valence-electron chi connectivity index (χ2n) is 7.43. The topological polar surface area (TPSA) is 80.5 Å². The van der Waals surface area contributed by atoms with Gasteiger partial charge in [0.15, 0.2) is 0 Å². The molecule has 2 N–H and O–H groups in total. The van der Waals surface area contributed by atoms with Gasteiger partial charge in [-0.1, -0.05) is 48.5 Å². The normalized spacial score (nSPS) is 12.2. The summed E-state index contributed by atoms with van der Waals surface area (Å²) in [5.41, 5.74) is 11.9. The van der Waals surface area contributed by atoms with E-state index < -0.39 is 0 Å². The molecule has 2 aromatic heterocycles. The summed E-state index contributed by atoms with van der Waals surface area (Å²) in [6.45, 7) is 4.27. The van der Waals surface area contributed by atoms with Crippen LogP contribution in [0.4, 0.5) is 0 Å². The van der Waals surface area contributed by atoms with Crippen molar-refractivity contribution in [3.63, 3.8) is 0 Å². The van der Waals surface area contributed by atoms with Crippen LogP contribution in [0.2, 0.25) is 0 Å². The Hall–Kier alpha value is -3.49. The third kappa shape index (κ3) is 3.63. The van der Waals surface area contributed by atoms with Gasteiger partial charge in [0.25, 0.3) is 0 Å². The average molecular weight is 381 g/mol. The van der Waals surface area contributed by atoms with E-state index >= 15 is 0 Å². The highest BCUT2D eigenvalue weighted by molar-refractivity contribution is 5.94. The van der Waals surface area contributed by atoms with Gasteiger partial charge in [-0.05, 0) is 37.6 Å². The molecule has 29 heavy (non-hydrogen) atoms. The smallest absolute Gasteiger partial charge is 0.140 e. The molecular formula is C24H23N5. The SMILES string of the molecule is CC(C)n1nc(-c2ccccc2C(N)Cc2cccc(C#N)n2)c2ccccc21. The maximum Gasteiger partial charge on any atom is 0.140 e. The maximum absolute atomic E-state index is 9.10. The van der Waals surface area contributed by atoms with Gasteiger partial charge in [-0.3, -0.25) is 4.68 Å². The lowest BCUT2D eigenvalue weighted by atomic mass is 9.94. The number of rotatable bonds is 5. The number of nitrogens with zero attached hydrogens (tertiary/aromatic N) is 4. The van der Waals surface area contributed by atoms with Crippen molar-refractivity contribution in [2.45, 2.75) is 32.4 Å². The molecule has 0 radical (unpaired) electrons. The van der Waals surface area contributed by atoms with Crippen LogP contribution in [0.25, 0.3) is 22.2 Å². The number of hydrogen-bond donors (Lipinski definition) is 1. The first kappa shape index (κ1) is 18.9. The van der Waals surface area contributed by atoms with Crippen LogP contribution in [0, 0.1) is 11.3 Å². The molecule has 1 unspecified atom stereocenters. The summed E-state index contributed by atoms with van der Waals surface area (Å²) in [6.07, 6.45) is 0.551. The summed E-state index contributed by atoms with van der Waals surface area (Å²) in [6, 6.07) is 24.0. The summed E-state index contributed by atoms with van der Waals surface area (Å²) < 4.78 is 2.06. The Labute approximate surface area is 170 Å². The molecule has 4 aromatic rings. The number of para-hydroxylation sites is 1. The van der Waals surface area contributed by atoms with Gasteiger partial charge in [0.2, 0.25) is 0 Å². The highest BCUT2D eigenvalue weighted by Gasteiger charge is 2.19. The van der Waals surface area contributed by atoms with Crippen molar-refractivity contribution in [1.29, 1.82) is 5.26 Å². The zero-order chi connectivity index (χ0) is 20.4. The summed E-state index contributed by atoms with van der Waals surface area (Å²) in [7, 11) is 0. The van der Waals surface area contributed by atoms with Crippen LogP contribution in [0.3, 0.4) is 0 Å². The van der Waals surface area contributed by atoms with Crippen molar-refractivity contribution in [2.24, 2.45) is 5.73 Å². The molecule has 0 saturated heterocycles. The van der Waals surface area contributed by atoms with Gasteiger partial charge in [0, 0.05) is 35.1 Å². The second-order valence-corrected chi connectivity index (χ2v) is 7.43. The Morgan fingerprint density at radius 3 is 2.55 bits per heavy atom. The van der Waals surface area contributed by atoms with Crippen molar-refractivity contribution in [2.75, 3.05) is 0 Å². The van der Waals surface area contributed by atoms with Crippen LogP contribution in [-0.4, -0.2) is 14.8 Å². The van der Waals surface area contributed by atoms with E-state index in [0.717, 1.165) is 33.4 Å². The molecule has 144 valence electrons. The van der Waals surface area contributed by atoms with Crippen LogP contribution < -0.4 is 5.73 Å². The lowest BCUT2D eigenvalue weighted by Crippen LogP contribution is -2.15. The lowest BCUT2D eigenvalue weighted by Gasteiger charge is -2.16. The number of fused-ring (bicyclic) bond motifs is 1. The van der Waals surface area contributed by atoms with E-state index in [4.69, 9.17) is 16.1 Å². The molecule has 0 fully saturated rings. The largest absolute Gasteiger partial charge is 0.324 e. The van der Waals surface area contributed by atoms with E-state index in [0.29, 0.717) is 12.1 Å². The Balaban J connectivity index is 1.78. The molecule has 0 aliphatic rings. The predicted octanol–water partition coefficient (Wildman–Crippen LogP) is 4.79. The van der Waals surface area contributed by atoms with E-state index in [9.17, 15) is 0 Å². The van der Waals surface area contributed by atoms with Gasteiger partial charge in [0.05, 0.1) is 5.52 Å². The molecule has 0 amide bonds. The van der Waals surface area contributed by atoms with Gasteiger partial charge in [-0.2, -0.15) is 10.4 Å². The van der Waals surface area contributed by atoms with E-state index in [1.807, 2.05) is 36.4 Å². The summed E-state index contributed by atoms with van der Waals surface area (Å²) in [5, 5.41) is 15.2. The molecule has 2 heterocycles. The molecule has 0 aliphatic carbocycles. The summed E-state index contributed by atoms with van der Waals surface area (Å²) in [4.78, 5) is 4.38. The van der Waals surface area contributed by atoms with E-state index in [1.54, 1.807) is 6.07 Å². The molecule has 0 spiro atoms. The zero-order valence-corrected chi connectivity index (χ0v) is 16.6. The molecule has 1 atom stereocenters. The van der Waals surface area contributed by atoms with Gasteiger partial charge < -0.3 is 5.73 Å². The number of nitriles is 1. The van der Waals surface area contributed by atoms with E-state index in [-0.39, 0.29) is 12.1 Å². The van der Waals surface area contributed by atoms with Crippen molar-refractivity contribution >= 4 is 10.9 Å². The number of hydrogen-bond acceptors (Lipinski definition) is 4. The second kappa shape index (κ2) is 7.86. The fraction of sp³-hybridized carbons (Fsp3) is 0.208. The first-order valence-corrected chi connectivity index (χ1v) is 9.76. The van der Waals surface area contributed by atoms with Crippen LogP contribution in [0.15, 0.2) is 66.7 Å².